The van der Waals surface area contributed by atoms with Crippen molar-refractivity contribution < 1.29 is 14.3 Å². The minimum absolute atomic E-state index is 0.0115. The fourth-order valence-corrected chi connectivity index (χ4v) is 2.94. The fraction of sp³-hybridized carbons (Fsp3) is 0.900. The molecule has 2 heterocycles. The molecule has 0 aromatic carbocycles. The maximum absolute atomic E-state index is 11.8. The maximum atomic E-state index is 11.8. The van der Waals surface area contributed by atoms with Crippen molar-refractivity contribution in [2.45, 2.75) is 30.9 Å². The molecule has 0 unspecified atom stereocenters. The van der Waals surface area contributed by atoms with Crippen molar-refractivity contribution in [2.24, 2.45) is 0 Å². The molecule has 2 atom stereocenters. The lowest BCUT2D eigenvalue weighted by molar-refractivity contribution is -0.157. The molecule has 0 aromatic rings. The summed E-state index contributed by atoms with van der Waals surface area (Å²) in [7, 11) is 3.13. The van der Waals surface area contributed by atoms with Gasteiger partial charge in [-0.1, -0.05) is 0 Å². The summed E-state index contributed by atoms with van der Waals surface area (Å²) in [5.41, 5.74) is -0.469. The van der Waals surface area contributed by atoms with Gasteiger partial charge < -0.3 is 9.47 Å². The first-order valence-electron chi connectivity index (χ1n) is 5.12. The molecule has 0 N–H and O–H groups in total. The van der Waals surface area contributed by atoms with Gasteiger partial charge in [0.25, 0.3) is 0 Å². The van der Waals surface area contributed by atoms with Crippen LogP contribution in [0.15, 0.2) is 0 Å². The molecular formula is C10H17NO3. The van der Waals surface area contributed by atoms with E-state index in [9.17, 15) is 4.79 Å². The van der Waals surface area contributed by atoms with E-state index in [1.54, 1.807) is 7.11 Å². The van der Waals surface area contributed by atoms with Gasteiger partial charge in [0, 0.05) is 13.7 Å². The van der Waals surface area contributed by atoms with Crippen molar-refractivity contribution in [1.29, 1.82) is 0 Å². The van der Waals surface area contributed by atoms with E-state index >= 15 is 0 Å². The first-order chi connectivity index (χ1) is 6.75. The average Bonchev–Trinajstić information content (AvgIpc) is 2.74. The first kappa shape index (κ1) is 9.93. The molecule has 2 saturated heterocycles. The van der Waals surface area contributed by atoms with Crippen molar-refractivity contribution in [2.75, 3.05) is 27.3 Å². The summed E-state index contributed by atoms with van der Waals surface area (Å²) in [6.07, 6.45) is 2.89. The summed E-state index contributed by atoms with van der Waals surface area (Å²) in [5, 5.41) is 0. The van der Waals surface area contributed by atoms with Crippen LogP contribution in [0.1, 0.15) is 19.3 Å². The predicted octanol–water partition coefficient (Wildman–Crippen LogP) is 0.413. The molecule has 4 heteroatoms. The second-order valence-corrected chi connectivity index (χ2v) is 4.02. The molecule has 2 aliphatic heterocycles. The van der Waals surface area contributed by atoms with E-state index in [1.165, 1.54) is 7.11 Å². The summed E-state index contributed by atoms with van der Waals surface area (Å²) in [4.78, 5) is 14.1. The summed E-state index contributed by atoms with van der Waals surface area (Å²) in [6.45, 7) is 1.95. The van der Waals surface area contributed by atoms with Gasteiger partial charge in [-0.2, -0.15) is 0 Å². The highest BCUT2D eigenvalue weighted by atomic mass is 16.5. The normalized spacial score (nSPS) is 37.1. The number of methoxy groups -OCH3 is 2. The summed E-state index contributed by atoms with van der Waals surface area (Å²) < 4.78 is 10.3. The number of hydrogen-bond donors (Lipinski definition) is 0. The molecule has 0 saturated carbocycles. The highest BCUT2D eigenvalue weighted by molar-refractivity contribution is 5.82. The van der Waals surface area contributed by atoms with E-state index in [4.69, 9.17) is 9.47 Å². The minimum atomic E-state index is -0.469. The third-order valence-electron chi connectivity index (χ3n) is 3.57. The smallest absolute Gasteiger partial charge is 0.329 e. The molecule has 0 amide bonds. The highest BCUT2D eigenvalue weighted by Crippen LogP contribution is 2.41. The molecule has 0 bridgehead atoms. The Kier molecular flexibility index (Phi) is 2.49. The van der Waals surface area contributed by atoms with E-state index in [1.807, 2.05) is 0 Å². The minimum Gasteiger partial charge on any atom is -0.468 e. The van der Waals surface area contributed by atoms with Gasteiger partial charge in [0.2, 0.25) is 0 Å². The Labute approximate surface area is 84.2 Å². The van der Waals surface area contributed by atoms with Crippen LogP contribution in [0.5, 0.6) is 0 Å². The lowest BCUT2D eigenvalue weighted by atomic mass is 9.91. The van der Waals surface area contributed by atoms with Gasteiger partial charge in [-0.15, -0.1) is 0 Å². The van der Waals surface area contributed by atoms with Gasteiger partial charge in [-0.3, -0.25) is 4.90 Å². The van der Waals surface area contributed by atoms with Gasteiger partial charge in [0.15, 0.2) is 0 Å². The average molecular weight is 199 g/mol. The summed E-state index contributed by atoms with van der Waals surface area (Å²) >= 11 is 0. The lowest BCUT2D eigenvalue weighted by Crippen LogP contribution is -2.53. The molecular weight excluding hydrogens is 182 g/mol. The molecule has 0 radical (unpaired) electrons. The van der Waals surface area contributed by atoms with Crippen molar-refractivity contribution >= 4 is 5.97 Å². The SMILES string of the molecule is COC(=O)[C@@]12CCCN1CC[C@H]2OC. The van der Waals surface area contributed by atoms with Gasteiger partial charge >= 0.3 is 5.97 Å². The standard InChI is InChI=1S/C10H17NO3/c1-13-8-4-7-11-6-3-5-10(8,11)9(12)14-2/h8H,3-7H2,1-2H3/t8-,10+/m1/s1. The molecule has 0 aliphatic carbocycles. The van der Waals surface area contributed by atoms with Crippen LogP contribution < -0.4 is 0 Å². The zero-order chi connectivity index (χ0) is 10.2. The Morgan fingerprint density at radius 1 is 1.43 bits per heavy atom. The zero-order valence-electron chi connectivity index (χ0n) is 8.78. The van der Waals surface area contributed by atoms with Gasteiger partial charge in [-0.05, 0) is 25.8 Å². The Morgan fingerprint density at radius 2 is 2.21 bits per heavy atom. The topological polar surface area (TPSA) is 38.8 Å². The Balaban J connectivity index is 2.29. The van der Waals surface area contributed by atoms with Crippen molar-refractivity contribution in [1.82, 2.24) is 4.90 Å². The van der Waals surface area contributed by atoms with E-state index in [0.717, 1.165) is 32.4 Å². The van der Waals surface area contributed by atoms with Crippen molar-refractivity contribution in [3.63, 3.8) is 0 Å². The third-order valence-corrected chi connectivity index (χ3v) is 3.57. The Bertz CT molecular complexity index is 244. The third kappa shape index (κ3) is 1.10. The highest BCUT2D eigenvalue weighted by Gasteiger charge is 2.57. The molecule has 0 spiro atoms. The lowest BCUT2D eigenvalue weighted by Gasteiger charge is -2.33. The van der Waals surface area contributed by atoms with Crippen molar-refractivity contribution in [3.05, 3.63) is 0 Å². The number of ether oxygens (including phenoxy) is 2. The molecule has 80 valence electrons. The molecule has 2 rings (SSSR count). The van der Waals surface area contributed by atoms with Gasteiger partial charge in [0.05, 0.1) is 13.2 Å². The second kappa shape index (κ2) is 3.51. The van der Waals surface area contributed by atoms with Crippen LogP contribution in [-0.2, 0) is 14.3 Å². The van der Waals surface area contributed by atoms with Crippen LogP contribution in [0.25, 0.3) is 0 Å². The van der Waals surface area contributed by atoms with E-state index in [-0.39, 0.29) is 12.1 Å². The zero-order valence-corrected chi connectivity index (χ0v) is 8.78. The van der Waals surface area contributed by atoms with E-state index in [0.29, 0.717) is 0 Å². The number of carbonyl (C=O) groups excluding carboxylic acids is 1. The fourth-order valence-electron chi connectivity index (χ4n) is 2.94. The second-order valence-electron chi connectivity index (χ2n) is 4.02. The van der Waals surface area contributed by atoms with Crippen LogP contribution in [0.4, 0.5) is 0 Å². The Hall–Kier alpha value is -0.610. The summed E-state index contributed by atoms with van der Waals surface area (Å²) in [6, 6.07) is 0. The van der Waals surface area contributed by atoms with E-state index < -0.39 is 5.54 Å². The number of fused-ring (bicyclic) bond motifs is 1. The van der Waals surface area contributed by atoms with Gasteiger partial charge in [0.1, 0.15) is 5.54 Å². The predicted molar refractivity (Wildman–Crippen MR) is 51.0 cm³/mol. The molecule has 2 aliphatic rings. The maximum Gasteiger partial charge on any atom is 0.329 e. The van der Waals surface area contributed by atoms with Crippen molar-refractivity contribution in [3.8, 4) is 0 Å². The quantitative estimate of drug-likeness (QED) is 0.604. The van der Waals surface area contributed by atoms with E-state index in [2.05, 4.69) is 4.90 Å². The first-order valence-corrected chi connectivity index (χ1v) is 5.12. The number of nitrogens with zero attached hydrogens (tertiary/aromatic N) is 1. The number of hydrogen-bond acceptors (Lipinski definition) is 4. The molecule has 14 heavy (non-hydrogen) atoms. The van der Waals surface area contributed by atoms with Crippen LogP contribution in [0.2, 0.25) is 0 Å². The monoisotopic (exact) mass is 199 g/mol. The van der Waals surface area contributed by atoms with Crippen LogP contribution in [0, 0.1) is 0 Å². The number of carbonyl (C=O) groups is 1. The summed E-state index contributed by atoms with van der Waals surface area (Å²) in [5.74, 6) is -0.126. The number of esters is 1. The largest absolute Gasteiger partial charge is 0.468 e. The molecule has 4 nitrogen and oxygen atoms in total. The molecule has 0 aromatic heterocycles. The van der Waals surface area contributed by atoms with Crippen LogP contribution in [-0.4, -0.2) is 49.8 Å². The number of rotatable bonds is 2. The van der Waals surface area contributed by atoms with Crippen LogP contribution in [0.3, 0.4) is 0 Å². The molecule has 2 fully saturated rings. The van der Waals surface area contributed by atoms with Gasteiger partial charge in [-0.25, -0.2) is 4.79 Å². The Morgan fingerprint density at radius 3 is 2.86 bits per heavy atom. The van der Waals surface area contributed by atoms with Crippen LogP contribution >= 0.6 is 0 Å².